The lowest BCUT2D eigenvalue weighted by Crippen LogP contribution is -2.51. The number of likely N-dealkylation sites (tertiary alicyclic amines) is 1. The molecular formula is C30H32FN3O4S. The number of carbonyl (C=O) groups excluding carboxylic acids is 1. The third kappa shape index (κ3) is 5.57. The van der Waals surface area contributed by atoms with Crippen molar-refractivity contribution in [1.29, 1.82) is 0 Å². The van der Waals surface area contributed by atoms with Gasteiger partial charge in [0.15, 0.2) is 0 Å². The van der Waals surface area contributed by atoms with Gasteiger partial charge in [-0.3, -0.25) is 9.69 Å². The largest absolute Gasteiger partial charge is 0.493 e. The van der Waals surface area contributed by atoms with Crippen molar-refractivity contribution in [2.75, 3.05) is 32.8 Å². The summed E-state index contributed by atoms with van der Waals surface area (Å²) in [6, 6.07) is 23.8. The van der Waals surface area contributed by atoms with Gasteiger partial charge < -0.3 is 4.74 Å². The molecule has 3 aromatic rings. The molecule has 1 N–H and O–H groups in total. The molecule has 9 heteroatoms. The van der Waals surface area contributed by atoms with E-state index in [-0.39, 0.29) is 17.5 Å². The summed E-state index contributed by atoms with van der Waals surface area (Å²) >= 11 is 0. The average Bonchev–Trinajstić information content (AvgIpc) is 3.70. The highest BCUT2D eigenvalue weighted by Gasteiger charge is 2.36. The lowest BCUT2D eigenvalue weighted by Gasteiger charge is -2.44. The molecule has 0 atom stereocenters. The van der Waals surface area contributed by atoms with Gasteiger partial charge in [-0.05, 0) is 47.9 Å². The second kappa shape index (κ2) is 10.7. The van der Waals surface area contributed by atoms with Gasteiger partial charge >= 0.3 is 10.2 Å². The molecule has 3 aromatic carbocycles. The molecule has 2 saturated heterocycles. The van der Waals surface area contributed by atoms with Crippen molar-refractivity contribution in [2.24, 2.45) is 5.92 Å². The van der Waals surface area contributed by atoms with E-state index in [0.717, 1.165) is 37.9 Å². The summed E-state index contributed by atoms with van der Waals surface area (Å²) in [6.45, 7) is 2.87. The highest BCUT2D eigenvalue weighted by Crippen LogP contribution is 2.45. The van der Waals surface area contributed by atoms with Crippen LogP contribution in [-0.2, 0) is 10.2 Å². The maximum atomic E-state index is 15.0. The summed E-state index contributed by atoms with van der Waals surface area (Å²) in [4.78, 5) is 15.1. The van der Waals surface area contributed by atoms with Crippen molar-refractivity contribution >= 4 is 16.1 Å². The molecule has 0 unspecified atom stereocenters. The minimum Gasteiger partial charge on any atom is -0.493 e. The number of nitrogens with zero attached hydrogens (tertiary/aromatic N) is 2. The van der Waals surface area contributed by atoms with Crippen LogP contribution in [0.4, 0.5) is 4.39 Å². The van der Waals surface area contributed by atoms with Crippen LogP contribution >= 0.6 is 0 Å². The first kappa shape index (κ1) is 26.0. The van der Waals surface area contributed by atoms with Gasteiger partial charge in [0.1, 0.15) is 11.6 Å². The first-order valence-corrected chi connectivity index (χ1v) is 15.0. The van der Waals surface area contributed by atoms with Crippen molar-refractivity contribution in [2.45, 2.75) is 31.2 Å². The molecule has 0 spiro atoms. The van der Waals surface area contributed by atoms with Gasteiger partial charge in [-0.15, -0.1) is 0 Å². The van der Waals surface area contributed by atoms with Crippen molar-refractivity contribution in [3.8, 4) is 5.75 Å². The van der Waals surface area contributed by atoms with E-state index in [2.05, 4.69) is 53.4 Å². The van der Waals surface area contributed by atoms with Crippen LogP contribution in [0.1, 0.15) is 58.3 Å². The Morgan fingerprint density at radius 1 is 0.974 bits per heavy atom. The number of rotatable bonds is 10. The molecule has 2 heterocycles. The van der Waals surface area contributed by atoms with E-state index in [1.807, 2.05) is 16.9 Å². The zero-order valence-corrected chi connectivity index (χ0v) is 22.4. The molecule has 0 radical (unpaired) electrons. The van der Waals surface area contributed by atoms with E-state index >= 15 is 4.39 Å². The molecule has 1 amide bonds. The first-order chi connectivity index (χ1) is 18.9. The minimum absolute atomic E-state index is 0.161. The fraction of sp³-hybridized carbons (Fsp3) is 0.367. The molecule has 3 aliphatic rings. The summed E-state index contributed by atoms with van der Waals surface area (Å²) in [5.41, 5.74) is 2.99. The number of carbonyl (C=O) groups is 1. The zero-order valence-electron chi connectivity index (χ0n) is 21.6. The number of amides is 1. The molecule has 0 bridgehead atoms. The topological polar surface area (TPSA) is 79.0 Å². The monoisotopic (exact) mass is 549 g/mol. The van der Waals surface area contributed by atoms with Crippen LogP contribution in [0.2, 0.25) is 0 Å². The van der Waals surface area contributed by atoms with E-state index in [9.17, 15) is 13.2 Å². The molecule has 3 fully saturated rings. The molecule has 39 heavy (non-hydrogen) atoms. The Kier molecular flexibility index (Phi) is 7.14. The second-order valence-corrected chi connectivity index (χ2v) is 12.4. The Labute approximate surface area is 228 Å². The van der Waals surface area contributed by atoms with Gasteiger partial charge in [-0.25, -0.2) is 9.11 Å². The second-order valence-electron chi connectivity index (χ2n) is 10.7. The summed E-state index contributed by atoms with van der Waals surface area (Å²) in [7, 11) is -3.95. The van der Waals surface area contributed by atoms with Crippen molar-refractivity contribution < 1.29 is 22.3 Å². The third-order valence-electron chi connectivity index (χ3n) is 7.79. The van der Waals surface area contributed by atoms with E-state index in [1.165, 1.54) is 27.6 Å². The Morgan fingerprint density at radius 3 is 2.13 bits per heavy atom. The summed E-state index contributed by atoms with van der Waals surface area (Å²) in [5.74, 6) is -0.806. The Bertz CT molecular complexity index is 1400. The maximum Gasteiger partial charge on any atom is 0.304 e. The quantitative estimate of drug-likeness (QED) is 0.403. The van der Waals surface area contributed by atoms with Gasteiger partial charge in [0.05, 0.1) is 18.2 Å². The number of hydrogen-bond donors (Lipinski definition) is 1. The Hall–Kier alpha value is -3.27. The van der Waals surface area contributed by atoms with Crippen LogP contribution < -0.4 is 9.46 Å². The van der Waals surface area contributed by atoms with Gasteiger partial charge in [-0.2, -0.15) is 12.7 Å². The van der Waals surface area contributed by atoms with Crippen LogP contribution in [0.25, 0.3) is 0 Å². The summed E-state index contributed by atoms with van der Waals surface area (Å²) < 4.78 is 49.0. The number of benzene rings is 3. The van der Waals surface area contributed by atoms with Crippen molar-refractivity contribution in [3.05, 3.63) is 101 Å². The first-order valence-electron chi connectivity index (χ1n) is 13.5. The predicted octanol–water partition coefficient (Wildman–Crippen LogP) is 4.48. The Balaban J connectivity index is 1.12. The smallest absolute Gasteiger partial charge is 0.304 e. The van der Waals surface area contributed by atoms with E-state index < -0.39 is 21.9 Å². The zero-order chi connectivity index (χ0) is 27.0. The highest BCUT2D eigenvalue weighted by molar-refractivity contribution is 7.87. The molecule has 1 saturated carbocycles. The molecular weight excluding hydrogens is 517 g/mol. The average molecular weight is 550 g/mol. The van der Waals surface area contributed by atoms with Crippen LogP contribution in [0.3, 0.4) is 0 Å². The number of ether oxygens (including phenoxy) is 1. The molecule has 0 aromatic heterocycles. The normalized spacial score (nSPS) is 18.4. The number of nitrogens with one attached hydrogen (secondary N) is 1. The SMILES string of the molecule is O=C(NS(=O)(=O)N1CCC1)c1cc(C2CC2)c(OCC2CN(C(c3ccccc3)c3ccccc3)C2)cc1F. The van der Waals surface area contributed by atoms with Crippen molar-refractivity contribution in [1.82, 2.24) is 13.9 Å². The predicted molar refractivity (Wildman–Crippen MR) is 146 cm³/mol. The van der Waals surface area contributed by atoms with Crippen LogP contribution in [0.15, 0.2) is 72.8 Å². The van der Waals surface area contributed by atoms with Crippen molar-refractivity contribution in [3.63, 3.8) is 0 Å². The van der Waals surface area contributed by atoms with Gasteiger partial charge in [0, 0.05) is 38.2 Å². The third-order valence-corrected chi connectivity index (χ3v) is 9.28. The molecule has 204 valence electrons. The molecule has 6 rings (SSSR count). The van der Waals surface area contributed by atoms with Gasteiger partial charge in [0.2, 0.25) is 0 Å². The molecule has 7 nitrogen and oxygen atoms in total. The fourth-order valence-electron chi connectivity index (χ4n) is 5.37. The van der Waals surface area contributed by atoms with Crippen LogP contribution in [0.5, 0.6) is 5.75 Å². The van der Waals surface area contributed by atoms with Gasteiger partial charge in [-0.1, -0.05) is 60.7 Å². The lowest BCUT2D eigenvalue weighted by molar-refractivity contribution is 0.0375. The molecule has 2 aliphatic heterocycles. The van der Waals surface area contributed by atoms with E-state index in [0.29, 0.717) is 31.4 Å². The maximum absolute atomic E-state index is 15.0. The summed E-state index contributed by atoms with van der Waals surface area (Å²) in [6.07, 6.45) is 2.61. The number of halogens is 1. The van der Waals surface area contributed by atoms with Crippen LogP contribution in [0, 0.1) is 11.7 Å². The van der Waals surface area contributed by atoms with Crippen LogP contribution in [-0.4, -0.2) is 56.3 Å². The van der Waals surface area contributed by atoms with E-state index in [4.69, 9.17) is 4.74 Å². The number of hydrogen-bond acceptors (Lipinski definition) is 5. The molecule has 1 aliphatic carbocycles. The fourth-order valence-corrected chi connectivity index (χ4v) is 6.58. The minimum atomic E-state index is -3.95. The summed E-state index contributed by atoms with van der Waals surface area (Å²) in [5, 5.41) is 0. The Morgan fingerprint density at radius 2 is 1.59 bits per heavy atom. The standard InChI is InChI=1S/C30H32FN3O4S/c31-27-17-28(25(22-12-13-22)16-26(27)30(35)32-39(36,37)34-14-7-15-34)38-20-21-18-33(19-21)29(23-8-3-1-4-9-23)24-10-5-2-6-11-24/h1-6,8-11,16-17,21-22,29H,7,12-15,18-20H2,(H,32,35). The van der Waals surface area contributed by atoms with Gasteiger partial charge in [0.25, 0.3) is 5.91 Å². The lowest BCUT2D eigenvalue weighted by atomic mass is 9.90. The highest BCUT2D eigenvalue weighted by atomic mass is 32.2. The van der Waals surface area contributed by atoms with E-state index in [1.54, 1.807) is 0 Å².